The second-order valence-corrected chi connectivity index (χ2v) is 6.12. The first-order valence-electron chi connectivity index (χ1n) is 6.89. The Hall–Kier alpha value is -1.69. The number of ether oxygens (including phenoxy) is 1. The quantitative estimate of drug-likeness (QED) is 0.890. The van der Waals surface area contributed by atoms with E-state index < -0.39 is 0 Å². The lowest BCUT2D eigenvalue weighted by molar-refractivity contribution is -0.132. The number of thioether (sulfide) groups is 1. The van der Waals surface area contributed by atoms with Gasteiger partial charge in [0.05, 0.1) is 19.0 Å². The summed E-state index contributed by atoms with van der Waals surface area (Å²) < 4.78 is 5.36. The van der Waals surface area contributed by atoms with Gasteiger partial charge < -0.3 is 15.0 Å². The Morgan fingerprint density at radius 2 is 2.19 bits per heavy atom. The maximum Gasteiger partial charge on any atom is 0.242 e. The van der Waals surface area contributed by atoms with Crippen molar-refractivity contribution in [1.29, 1.82) is 0 Å². The lowest BCUT2D eigenvalue weighted by atomic mass is 10.1. The minimum absolute atomic E-state index is 0.0323. The Morgan fingerprint density at radius 3 is 2.90 bits per heavy atom. The molecule has 1 aromatic carbocycles. The maximum atomic E-state index is 12.2. The summed E-state index contributed by atoms with van der Waals surface area (Å²) in [6.07, 6.45) is 0.750. The summed E-state index contributed by atoms with van der Waals surface area (Å²) >= 11 is 1.76. The van der Waals surface area contributed by atoms with Gasteiger partial charge in [-0.15, -0.1) is 11.8 Å². The van der Waals surface area contributed by atoms with Crippen LogP contribution in [0.4, 0.5) is 0 Å². The molecule has 1 aliphatic heterocycles. The molecule has 1 atom stereocenters. The topological polar surface area (TPSA) is 58.6 Å². The maximum absolute atomic E-state index is 12.2. The Bertz CT molecular complexity index is 521. The van der Waals surface area contributed by atoms with Crippen molar-refractivity contribution < 1.29 is 14.3 Å². The Morgan fingerprint density at radius 1 is 1.43 bits per heavy atom. The van der Waals surface area contributed by atoms with Gasteiger partial charge in [0.1, 0.15) is 5.75 Å². The van der Waals surface area contributed by atoms with Crippen LogP contribution in [0, 0.1) is 0 Å². The Kier molecular flexibility index (Phi) is 5.50. The van der Waals surface area contributed by atoms with Crippen LogP contribution in [-0.4, -0.2) is 48.0 Å². The van der Waals surface area contributed by atoms with Gasteiger partial charge >= 0.3 is 0 Å². The minimum Gasteiger partial charge on any atom is -0.496 e. The monoisotopic (exact) mass is 308 g/mol. The number of nitrogens with one attached hydrogen (secondary N) is 1. The van der Waals surface area contributed by atoms with E-state index >= 15 is 0 Å². The predicted molar refractivity (Wildman–Crippen MR) is 83.3 cm³/mol. The van der Waals surface area contributed by atoms with Crippen molar-refractivity contribution in [2.45, 2.75) is 18.7 Å². The van der Waals surface area contributed by atoms with Crippen LogP contribution >= 0.6 is 11.8 Å². The molecule has 1 heterocycles. The van der Waals surface area contributed by atoms with Crippen LogP contribution in [-0.2, 0) is 16.0 Å². The number of benzene rings is 1. The van der Waals surface area contributed by atoms with Crippen molar-refractivity contribution in [2.24, 2.45) is 0 Å². The molecular formula is C15H20N2O3S. The molecule has 0 bridgehead atoms. The van der Waals surface area contributed by atoms with Gasteiger partial charge in [0.15, 0.2) is 0 Å². The molecule has 6 heteroatoms. The third-order valence-corrected chi connectivity index (χ3v) is 4.61. The molecule has 1 saturated heterocycles. The molecule has 1 unspecified atom stereocenters. The third-order valence-electron chi connectivity index (χ3n) is 3.39. The fraction of sp³-hybridized carbons (Fsp3) is 0.467. The zero-order chi connectivity index (χ0) is 15.2. The summed E-state index contributed by atoms with van der Waals surface area (Å²) in [5.41, 5.74) is 1.09. The summed E-state index contributed by atoms with van der Waals surface area (Å²) in [6, 6.07) is 7.86. The summed E-state index contributed by atoms with van der Waals surface area (Å²) in [5, 5.41) is 2.66. The van der Waals surface area contributed by atoms with Gasteiger partial charge in [0, 0.05) is 25.6 Å². The van der Waals surface area contributed by atoms with E-state index in [1.807, 2.05) is 29.2 Å². The number of rotatable bonds is 5. The van der Waals surface area contributed by atoms with Gasteiger partial charge in [-0.3, -0.25) is 9.59 Å². The zero-order valence-corrected chi connectivity index (χ0v) is 13.1. The molecule has 1 fully saturated rings. The van der Waals surface area contributed by atoms with E-state index in [0.717, 1.165) is 30.0 Å². The van der Waals surface area contributed by atoms with Crippen LogP contribution in [0.3, 0.4) is 0 Å². The molecule has 0 spiro atoms. The first-order chi connectivity index (χ1) is 10.1. The number of hydrogen-bond acceptors (Lipinski definition) is 4. The second-order valence-electron chi connectivity index (χ2n) is 4.84. The third kappa shape index (κ3) is 4.14. The van der Waals surface area contributed by atoms with E-state index in [2.05, 4.69) is 5.32 Å². The highest BCUT2D eigenvalue weighted by atomic mass is 32.2. The molecule has 21 heavy (non-hydrogen) atoms. The van der Waals surface area contributed by atoms with Crippen LogP contribution in [0.1, 0.15) is 12.5 Å². The highest BCUT2D eigenvalue weighted by Crippen LogP contribution is 2.29. The van der Waals surface area contributed by atoms with Crippen LogP contribution < -0.4 is 10.1 Å². The Balaban J connectivity index is 2.01. The molecule has 5 nitrogen and oxygen atoms in total. The summed E-state index contributed by atoms with van der Waals surface area (Å²) in [4.78, 5) is 24.9. The molecular weight excluding hydrogens is 288 g/mol. The largest absolute Gasteiger partial charge is 0.496 e. The van der Waals surface area contributed by atoms with Crippen molar-refractivity contribution in [2.75, 3.05) is 26.0 Å². The van der Waals surface area contributed by atoms with Gasteiger partial charge in [0.25, 0.3) is 0 Å². The normalized spacial score (nSPS) is 17.6. The van der Waals surface area contributed by atoms with Crippen LogP contribution in [0.25, 0.3) is 0 Å². The number of amides is 2. The number of para-hydroxylation sites is 1. The molecule has 1 N–H and O–H groups in total. The average molecular weight is 308 g/mol. The highest BCUT2D eigenvalue weighted by Gasteiger charge is 2.29. The zero-order valence-electron chi connectivity index (χ0n) is 12.3. The predicted octanol–water partition coefficient (Wildman–Crippen LogP) is 1.28. The van der Waals surface area contributed by atoms with Crippen molar-refractivity contribution in [1.82, 2.24) is 10.2 Å². The molecule has 1 aromatic rings. The van der Waals surface area contributed by atoms with Crippen molar-refractivity contribution in [3.63, 3.8) is 0 Å². The van der Waals surface area contributed by atoms with E-state index in [1.165, 1.54) is 6.92 Å². The van der Waals surface area contributed by atoms with Gasteiger partial charge in [-0.05, 0) is 11.6 Å². The molecule has 0 aliphatic carbocycles. The van der Waals surface area contributed by atoms with E-state index in [-0.39, 0.29) is 23.7 Å². The van der Waals surface area contributed by atoms with Crippen molar-refractivity contribution >= 4 is 23.6 Å². The average Bonchev–Trinajstić information content (AvgIpc) is 2.93. The summed E-state index contributed by atoms with van der Waals surface area (Å²) in [6.45, 7) is 2.21. The van der Waals surface area contributed by atoms with E-state index in [0.29, 0.717) is 0 Å². The first-order valence-corrected chi connectivity index (χ1v) is 7.94. The Labute approximate surface area is 129 Å². The molecule has 1 aliphatic rings. The SMILES string of the molecule is COc1ccccc1CC1SCCN1C(=O)CNC(C)=O. The fourth-order valence-electron chi connectivity index (χ4n) is 2.34. The number of carbonyl (C=O) groups excluding carboxylic acids is 2. The molecule has 0 saturated carbocycles. The van der Waals surface area contributed by atoms with Gasteiger partial charge in [-0.2, -0.15) is 0 Å². The molecule has 2 rings (SSSR count). The summed E-state index contributed by atoms with van der Waals surface area (Å²) in [7, 11) is 1.65. The number of nitrogens with zero attached hydrogens (tertiary/aromatic N) is 1. The lowest BCUT2D eigenvalue weighted by Gasteiger charge is -2.24. The van der Waals surface area contributed by atoms with Gasteiger partial charge in [-0.1, -0.05) is 18.2 Å². The molecule has 114 valence electrons. The summed E-state index contributed by atoms with van der Waals surface area (Å²) in [5.74, 6) is 1.55. The van der Waals surface area contributed by atoms with Crippen LogP contribution in [0.5, 0.6) is 5.75 Å². The van der Waals surface area contributed by atoms with E-state index in [1.54, 1.807) is 18.9 Å². The minimum atomic E-state index is -0.184. The van der Waals surface area contributed by atoms with Gasteiger partial charge in [-0.25, -0.2) is 0 Å². The molecule has 2 amide bonds. The molecule has 0 radical (unpaired) electrons. The second kappa shape index (κ2) is 7.36. The lowest BCUT2D eigenvalue weighted by Crippen LogP contribution is -2.42. The number of methoxy groups -OCH3 is 1. The van der Waals surface area contributed by atoms with E-state index in [4.69, 9.17) is 4.74 Å². The molecule has 0 aromatic heterocycles. The first kappa shape index (κ1) is 15.7. The van der Waals surface area contributed by atoms with Crippen molar-refractivity contribution in [3.05, 3.63) is 29.8 Å². The van der Waals surface area contributed by atoms with Crippen LogP contribution in [0.2, 0.25) is 0 Å². The van der Waals surface area contributed by atoms with Gasteiger partial charge in [0.2, 0.25) is 11.8 Å². The smallest absolute Gasteiger partial charge is 0.242 e. The standard InChI is InChI=1S/C15H20N2O3S/c1-11(18)16-10-14(19)17-7-8-21-15(17)9-12-5-3-4-6-13(12)20-2/h3-6,15H,7-10H2,1-2H3,(H,16,18). The number of hydrogen-bond donors (Lipinski definition) is 1. The number of carbonyl (C=O) groups is 2. The van der Waals surface area contributed by atoms with E-state index in [9.17, 15) is 9.59 Å². The fourth-order valence-corrected chi connectivity index (χ4v) is 3.61. The highest BCUT2D eigenvalue weighted by molar-refractivity contribution is 8.00. The van der Waals surface area contributed by atoms with Crippen molar-refractivity contribution in [3.8, 4) is 5.75 Å². The van der Waals surface area contributed by atoms with Crippen LogP contribution in [0.15, 0.2) is 24.3 Å².